The topological polar surface area (TPSA) is 245 Å². The molecule has 2 fully saturated rings. The zero-order chi connectivity index (χ0) is 45.3. The fraction of sp³-hybridized carbons (Fsp3) is 0.400. The number of ether oxygens (including phenoxy) is 1. The molecule has 22 heteroatoms. The molecular formula is C40H51N7O11S4. The molecule has 4 heterocycles. The number of nitrogens with zero attached hydrogens (tertiary/aromatic N) is 6. The van der Waals surface area contributed by atoms with E-state index in [0.29, 0.717) is 28.3 Å². The summed E-state index contributed by atoms with van der Waals surface area (Å²) in [5.74, 6) is -0.770. The van der Waals surface area contributed by atoms with E-state index in [9.17, 15) is 43.3 Å². The van der Waals surface area contributed by atoms with Crippen molar-refractivity contribution in [1.82, 2.24) is 18.6 Å². The molecule has 0 unspecified atom stereocenters. The molecule has 62 heavy (non-hydrogen) atoms. The van der Waals surface area contributed by atoms with Crippen molar-refractivity contribution in [2.75, 3.05) is 61.0 Å². The normalized spacial score (nSPS) is 16.1. The maximum absolute atomic E-state index is 13.5. The number of methoxy groups -OCH3 is 1. The highest BCUT2D eigenvalue weighted by atomic mass is 32.2. The number of sulfonamides is 4. The SMILES string of the molecule is COC(=O)c1ccc(CN(c2ccccc2)S(=O)(=O)C2CCN(S(C)(=O)=O)CC2)nc1.CS(=O)(=O)N1CCC(S(=O)(=O)N(Cc2ccc(C(=O)CN)cn2)c2ccccc2)CC1. The molecule has 336 valence electrons. The molecule has 0 spiro atoms. The van der Waals surface area contributed by atoms with Crippen LogP contribution in [-0.4, -0.2) is 127 Å². The quantitative estimate of drug-likeness (QED) is 0.133. The van der Waals surface area contributed by atoms with Crippen LogP contribution in [0.4, 0.5) is 11.4 Å². The van der Waals surface area contributed by atoms with Crippen LogP contribution in [0.3, 0.4) is 0 Å². The molecule has 0 aliphatic carbocycles. The maximum Gasteiger partial charge on any atom is 0.339 e. The van der Waals surface area contributed by atoms with Crippen molar-refractivity contribution in [3.8, 4) is 0 Å². The number of esters is 1. The second-order valence-electron chi connectivity index (χ2n) is 14.7. The Balaban J connectivity index is 0.000000234. The summed E-state index contributed by atoms with van der Waals surface area (Å²) in [5.41, 5.74) is 7.95. The Bertz CT molecular complexity index is 2410. The van der Waals surface area contributed by atoms with Crippen molar-refractivity contribution in [1.29, 1.82) is 0 Å². The number of Topliss-reactive ketones (excluding diaryl/α,β-unsaturated/α-hetero) is 1. The van der Waals surface area contributed by atoms with Gasteiger partial charge in [-0.25, -0.2) is 47.1 Å². The second-order valence-corrected chi connectivity index (χ2v) is 22.9. The minimum Gasteiger partial charge on any atom is -0.465 e. The van der Waals surface area contributed by atoms with Gasteiger partial charge in [-0.05, 0) is 74.2 Å². The van der Waals surface area contributed by atoms with Crippen LogP contribution in [0.15, 0.2) is 97.3 Å². The summed E-state index contributed by atoms with van der Waals surface area (Å²) in [6.45, 7) is 0.515. The van der Waals surface area contributed by atoms with Crippen LogP contribution < -0.4 is 14.3 Å². The van der Waals surface area contributed by atoms with Crippen LogP contribution in [0, 0.1) is 0 Å². The van der Waals surface area contributed by atoms with Crippen molar-refractivity contribution in [3.05, 3.63) is 120 Å². The van der Waals surface area contributed by atoms with E-state index in [-0.39, 0.29) is 82.8 Å². The lowest BCUT2D eigenvalue weighted by atomic mass is 10.2. The number of ketones is 1. The molecule has 0 amide bonds. The molecule has 2 saturated heterocycles. The fourth-order valence-electron chi connectivity index (χ4n) is 6.98. The van der Waals surface area contributed by atoms with Crippen molar-refractivity contribution >= 4 is 63.2 Å². The van der Waals surface area contributed by atoms with Gasteiger partial charge in [0, 0.05) is 44.1 Å². The molecule has 6 rings (SSSR count). The van der Waals surface area contributed by atoms with Crippen molar-refractivity contribution in [2.24, 2.45) is 5.73 Å². The number of benzene rings is 2. The Labute approximate surface area is 363 Å². The lowest BCUT2D eigenvalue weighted by Crippen LogP contribution is -2.46. The van der Waals surface area contributed by atoms with E-state index < -0.39 is 56.6 Å². The lowest BCUT2D eigenvalue weighted by Gasteiger charge is -2.34. The minimum absolute atomic E-state index is 0.00423. The van der Waals surface area contributed by atoms with Gasteiger partial charge in [-0.15, -0.1) is 0 Å². The summed E-state index contributed by atoms with van der Waals surface area (Å²) in [5, 5.41) is -1.41. The number of carbonyl (C=O) groups excluding carboxylic acids is 2. The largest absolute Gasteiger partial charge is 0.465 e. The molecule has 2 aromatic carbocycles. The van der Waals surface area contributed by atoms with Crippen molar-refractivity contribution in [2.45, 2.75) is 49.3 Å². The first-order chi connectivity index (χ1) is 29.2. The summed E-state index contributed by atoms with van der Waals surface area (Å²) in [6.07, 6.45) is 5.87. The predicted octanol–water partition coefficient (Wildman–Crippen LogP) is 2.61. The van der Waals surface area contributed by atoms with Crippen LogP contribution in [0.1, 0.15) is 57.8 Å². The Morgan fingerprint density at radius 3 is 1.29 bits per heavy atom. The number of piperidine rings is 2. The molecule has 2 aromatic heterocycles. The zero-order valence-electron chi connectivity index (χ0n) is 34.6. The number of carbonyl (C=O) groups is 2. The fourth-order valence-corrected chi connectivity index (χ4v) is 12.5. The Morgan fingerprint density at radius 1 is 0.613 bits per heavy atom. The van der Waals surface area contributed by atoms with E-state index >= 15 is 0 Å². The number of pyridine rings is 2. The number of aromatic nitrogens is 2. The van der Waals surface area contributed by atoms with E-state index in [0.717, 1.165) is 12.5 Å². The first kappa shape index (κ1) is 48.2. The Kier molecular flexibility index (Phi) is 16.0. The smallest absolute Gasteiger partial charge is 0.339 e. The molecule has 2 N–H and O–H groups in total. The number of hydrogen-bond acceptors (Lipinski definition) is 14. The summed E-state index contributed by atoms with van der Waals surface area (Å²) in [7, 11) is -13.0. The highest BCUT2D eigenvalue weighted by Gasteiger charge is 2.38. The first-order valence-corrected chi connectivity index (χ1v) is 26.2. The van der Waals surface area contributed by atoms with Gasteiger partial charge in [0.15, 0.2) is 5.78 Å². The van der Waals surface area contributed by atoms with Crippen LogP contribution in [0.25, 0.3) is 0 Å². The highest BCUT2D eigenvalue weighted by molar-refractivity contribution is 7.93. The predicted molar refractivity (Wildman–Crippen MR) is 235 cm³/mol. The van der Waals surface area contributed by atoms with Crippen molar-refractivity contribution < 1.29 is 48.0 Å². The minimum atomic E-state index is -3.80. The van der Waals surface area contributed by atoms with Gasteiger partial charge in [-0.1, -0.05) is 36.4 Å². The van der Waals surface area contributed by atoms with Gasteiger partial charge in [0.05, 0.1) is 78.1 Å². The standard InChI is InChI=1S/C20H26N4O5S2.C20H25N3O6S2/c1-30(26,27)23-11-9-19(10-12-23)31(28,29)24(18-5-3-2-4-6-18)15-17-8-7-16(14-22-17)20(25)13-21;1-29-20(24)16-8-9-17(21-14-16)15-23(18-6-4-3-5-7-18)31(27,28)19-10-12-22(13-11-19)30(2,25)26/h2-8,14,19H,9-13,15,21H2,1H3;3-9,14,19H,10-13,15H2,1-2H3. The van der Waals surface area contributed by atoms with Gasteiger partial charge in [-0.3, -0.25) is 23.4 Å². The highest BCUT2D eigenvalue weighted by Crippen LogP contribution is 2.30. The molecular weight excluding hydrogens is 883 g/mol. The molecule has 2 aliphatic rings. The second kappa shape index (κ2) is 20.6. The van der Waals surface area contributed by atoms with Crippen molar-refractivity contribution in [3.63, 3.8) is 0 Å². The summed E-state index contributed by atoms with van der Waals surface area (Å²) < 4.78 is 111. The molecule has 4 aromatic rings. The molecule has 0 saturated carbocycles. The average molecular weight is 934 g/mol. The summed E-state index contributed by atoms with van der Waals surface area (Å²) in [4.78, 5) is 31.8. The van der Waals surface area contributed by atoms with E-state index in [2.05, 4.69) is 14.7 Å². The Morgan fingerprint density at radius 2 is 0.984 bits per heavy atom. The summed E-state index contributed by atoms with van der Waals surface area (Å²) in [6, 6.07) is 23.7. The molecule has 18 nitrogen and oxygen atoms in total. The number of para-hydroxylation sites is 2. The third kappa shape index (κ3) is 12.2. The molecule has 0 bridgehead atoms. The van der Waals surface area contributed by atoms with Gasteiger partial charge >= 0.3 is 5.97 Å². The lowest BCUT2D eigenvalue weighted by molar-refractivity contribution is 0.0600. The number of nitrogens with two attached hydrogens (primary N) is 1. The Hall–Kier alpha value is -4.84. The van der Waals surface area contributed by atoms with E-state index in [1.807, 2.05) is 0 Å². The first-order valence-electron chi connectivity index (χ1n) is 19.5. The van der Waals surface area contributed by atoms with E-state index in [1.165, 1.54) is 42.8 Å². The average Bonchev–Trinajstić information content (AvgIpc) is 3.27. The number of rotatable bonds is 15. The number of anilines is 2. The van der Waals surface area contributed by atoms with Crippen LogP contribution in [0.2, 0.25) is 0 Å². The van der Waals surface area contributed by atoms with E-state index in [4.69, 9.17) is 5.73 Å². The third-order valence-electron chi connectivity index (χ3n) is 10.5. The maximum atomic E-state index is 13.5. The molecule has 2 aliphatic heterocycles. The van der Waals surface area contributed by atoms with Crippen LogP contribution in [-0.2, 0) is 57.9 Å². The monoisotopic (exact) mass is 933 g/mol. The van der Waals surface area contributed by atoms with Gasteiger partial charge in [0.2, 0.25) is 40.1 Å². The third-order valence-corrected chi connectivity index (χ3v) is 17.6. The van der Waals surface area contributed by atoms with Gasteiger partial charge < -0.3 is 10.5 Å². The van der Waals surface area contributed by atoms with Crippen LogP contribution in [0.5, 0.6) is 0 Å². The summed E-state index contributed by atoms with van der Waals surface area (Å²) >= 11 is 0. The molecule has 0 radical (unpaired) electrons. The van der Waals surface area contributed by atoms with E-state index in [1.54, 1.807) is 78.9 Å². The van der Waals surface area contributed by atoms with Gasteiger partial charge in [0.25, 0.3) is 0 Å². The molecule has 0 atom stereocenters. The zero-order valence-corrected chi connectivity index (χ0v) is 37.8. The van der Waals surface area contributed by atoms with Gasteiger partial charge in [0.1, 0.15) is 0 Å². The van der Waals surface area contributed by atoms with Gasteiger partial charge in [-0.2, -0.15) is 0 Å². The van der Waals surface area contributed by atoms with Crippen LogP contribution >= 0.6 is 0 Å². The number of hydrogen-bond donors (Lipinski definition) is 1.